The maximum atomic E-state index is 4.54. The summed E-state index contributed by atoms with van der Waals surface area (Å²) >= 11 is 0. The van der Waals surface area contributed by atoms with Gasteiger partial charge in [-0.2, -0.15) is 0 Å². The van der Waals surface area contributed by atoms with Crippen LogP contribution in [0.25, 0.3) is 0 Å². The van der Waals surface area contributed by atoms with E-state index in [1.54, 1.807) is 0 Å². The topological polar surface area (TPSA) is 70.2 Å². The molecule has 55 heavy (non-hydrogen) atoms. The van der Waals surface area contributed by atoms with Gasteiger partial charge >= 0.3 is 0 Å². The van der Waals surface area contributed by atoms with E-state index >= 15 is 0 Å². The van der Waals surface area contributed by atoms with Gasteiger partial charge in [-0.15, -0.1) is 10.2 Å². The lowest BCUT2D eigenvalue weighted by Crippen LogP contribution is -2.36. The number of hydrogen-bond acceptors (Lipinski definition) is 4. The Morgan fingerprint density at radius 3 is 1.16 bits per heavy atom. The average molecular weight is 764 g/mol. The molecule has 0 aliphatic carbocycles. The third kappa shape index (κ3) is 21.6. The monoisotopic (exact) mass is 764 g/mol. The Bertz CT molecular complexity index is 1180. The number of rotatable bonds is 38. The van der Waals surface area contributed by atoms with Crippen molar-refractivity contribution >= 4 is 0 Å². The second-order valence-corrected chi connectivity index (χ2v) is 17.1. The van der Waals surface area contributed by atoms with Crippen LogP contribution in [0, 0.1) is 0 Å². The number of hydrogen-bond donors (Lipinski definition) is 0. The Morgan fingerprint density at radius 1 is 0.455 bits per heavy atom. The van der Waals surface area contributed by atoms with E-state index in [1.807, 2.05) is 9.36 Å². The summed E-state index contributed by atoms with van der Waals surface area (Å²) in [6, 6.07) is 0.247. The summed E-state index contributed by atoms with van der Waals surface area (Å²) in [6.45, 7) is 10.9. The van der Waals surface area contributed by atoms with E-state index in [4.69, 9.17) is 0 Å². The van der Waals surface area contributed by atoms with E-state index < -0.39 is 0 Å². The minimum absolute atomic E-state index is 0.124. The standard InChI is InChI=1S/C47H87N8/c1-5-7-9-11-13-15-17-19-21-23-25-27-29-31-33-35-37-54-41-46(48-50-54)44(3)52-39-40-53(43-52)45(4)47-42-55(51-49-47)38-36-34-32-30-28-26-24-22-20-18-16-14-12-10-8-6-2/h39-45H,5-38H2,1-4H3/q+1. The molecule has 3 aromatic rings. The summed E-state index contributed by atoms with van der Waals surface area (Å²) in [5.74, 6) is 0. The van der Waals surface area contributed by atoms with Crippen LogP contribution < -0.4 is 4.57 Å². The third-order valence-electron chi connectivity index (χ3n) is 12.0. The van der Waals surface area contributed by atoms with E-state index in [2.05, 4.69) is 88.6 Å². The highest BCUT2D eigenvalue weighted by atomic mass is 15.4. The smallest absolute Gasteiger partial charge is 0.244 e. The first-order valence-electron chi connectivity index (χ1n) is 24.0. The van der Waals surface area contributed by atoms with E-state index in [9.17, 15) is 0 Å². The Labute approximate surface area is 339 Å². The first kappa shape index (κ1) is 46.9. The van der Waals surface area contributed by atoms with Gasteiger partial charge in [0.25, 0.3) is 0 Å². The van der Waals surface area contributed by atoms with E-state index in [-0.39, 0.29) is 12.1 Å². The van der Waals surface area contributed by atoms with Crippen LogP contribution in [-0.2, 0) is 13.1 Å². The largest absolute Gasteiger partial charge is 0.252 e. The second-order valence-electron chi connectivity index (χ2n) is 17.1. The van der Waals surface area contributed by atoms with Gasteiger partial charge in [-0.1, -0.05) is 217 Å². The van der Waals surface area contributed by atoms with Gasteiger partial charge in [0.1, 0.15) is 35.9 Å². The van der Waals surface area contributed by atoms with Crippen LogP contribution in [0.2, 0.25) is 0 Å². The molecule has 0 aromatic carbocycles. The minimum Gasteiger partial charge on any atom is -0.252 e. The van der Waals surface area contributed by atoms with E-state index in [0.29, 0.717) is 0 Å². The fourth-order valence-electron chi connectivity index (χ4n) is 8.02. The Kier molecular flexibility index (Phi) is 26.9. The first-order valence-corrected chi connectivity index (χ1v) is 24.0. The molecule has 0 saturated heterocycles. The molecule has 3 heterocycles. The highest BCUT2D eigenvalue weighted by Gasteiger charge is 2.22. The number of nitrogens with zero attached hydrogens (tertiary/aromatic N) is 8. The molecule has 0 fully saturated rings. The molecule has 2 unspecified atom stereocenters. The van der Waals surface area contributed by atoms with Crippen LogP contribution in [-0.4, -0.2) is 34.6 Å². The van der Waals surface area contributed by atoms with Crippen molar-refractivity contribution in [2.75, 3.05) is 0 Å². The van der Waals surface area contributed by atoms with Crippen molar-refractivity contribution in [2.45, 2.75) is 258 Å². The lowest BCUT2D eigenvalue weighted by Gasteiger charge is -2.06. The SMILES string of the molecule is CCCCCCCCCCCCCCCCCCn1cc(C(C)n2cc[n+](C(C)c3cn(CCCCCCCCCCCCCCCCCC)nn3)c2)nn1. The predicted molar refractivity (Wildman–Crippen MR) is 231 cm³/mol. The molecule has 3 aromatic heterocycles. The van der Waals surface area contributed by atoms with Crippen LogP contribution in [0.5, 0.6) is 0 Å². The third-order valence-corrected chi connectivity index (χ3v) is 12.0. The maximum Gasteiger partial charge on any atom is 0.244 e. The summed E-state index contributed by atoms with van der Waals surface area (Å²) in [5, 5.41) is 18.0. The van der Waals surface area contributed by atoms with Crippen LogP contribution in [0.15, 0.2) is 31.1 Å². The molecular weight excluding hydrogens is 677 g/mol. The van der Waals surface area contributed by atoms with Gasteiger partial charge in [0.2, 0.25) is 6.33 Å². The first-order chi connectivity index (χ1) is 27.1. The summed E-state index contributed by atoms with van der Waals surface area (Å²) in [7, 11) is 0. The maximum absolute atomic E-state index is 4.54. The van der Waals surface area contributed by atoms with Crippen LogP contribution in [0.3, 0.4) is 0 Å². The van der Waals surface area contributed by atoms with Crippen molar-refractivity contribution < 1.29 is 4.57 Å². The van der Waals surface area contributed by atoms with Gasteiger partial charge in [0.05, 0.1) is 12.4 Å². The fraction of sp³-hybridized carbons (Fsp3) is 0.851. The van der Waals surface area contributed by atoms with Gasteiger partial charge in [-0.3, -0.25) is 9.36 Å². The predicted octanol–water partition coefficient (Wildman–Crippen LogP) is 13.7. The summed E-state index contributed by atoms with van der Waals surface area (Å²) in [5.41, 5.74) is 2.02. The second kappa shape index (κ2) is 31.6. The highest BCUT2D eigenvalue weighted by molar-refractivity contribution is 5.02. The molecule has 8 heteroatoms. The molecule has 3 rings (SSSR count). The summed E-state index contributed by atoms with van der Waals surface area (Å²) in [6.07, 6.45) is 55.3. The molecule has 0 radical (unpaired) electrons. The van der Waals surface area contributed by atoms with Crippen LogP contribution in [0.1, 0.15) is 257 Å². The van der Waals surface area contributed by atoms with Crippen LogP contribution in [0.4, 0.5) is 0 Å². The zero-order valence-corrected chi connectivity index (χ0v) is 36.7. The molecular formula is C47H87N8+. The Balaban J connectivity index is 1.19. The lowest BCUT2D eigenvalue weighted by atomic mass is 10.0. The molecule has 0 spiro atoms. The minimum atomic E-state index is 0.124. The van der Waals surface area contributed by atoms with Crippen molar-refractivity contribution in [3.05, 3.63) is 42.5 Å². The summed E-state index contributed by atoms with van der Waals surface area (Å²) in [4.78, 5) is 0. The zero-order valence-electron chi connectivity index (χ0n) is 36.7. The number of aryl methyl sites for hydroxylation is 2. The number of aromatic nitrogens is 8. The molecule has 0 amide bonds. The van der Waals surface area contributed by atoms with Crippen molar-refractivity contribution in [3.63, 3.8) is 0 Å². The molecule has 8 nitrogen and oxygen atoms in total. The van der Waals surface area contributed by atoms with Gasteiger partial charge in [0, 0.05) is 13.1 Å². The van der Waals surface area contributed by atoms with Crippen molar-refractivity contribution in [2.24, 2.45) is 0 Å². The highest BCUT2D eigenvalue weighted by Crippen LogP contribution is 2.18. The Hall–Kier alpha value is -2.51. The van der Waals surface area contributed by atoms with Gasteiger partial charge < -0.3 is 0 Å². The van der Waals surface area contributed by atoms with Crippen molar-refractivity contribution in [3.8, 4) is 0 Å². The number of imidazole rings is 1. The quantitative estimate of drug-likeness (QED) is 0.0430. The van der Waals surface area contributed by atoms with E-state index in [1.165, 1.54) is 205 Å². The molecule has 0 bridgehead atoms. The van der Waals surface area contributed by atoms with Gasteiger partial charge in [-0.05, 0) is 26.7 Å². The normalized spacial score (nSPS) is 12.9. The zero-order chi connectivity index (χ0) is 39.0. The fourth-order valence-corrected chi connectivity index (χ4v) is 8.02. The van der Waals surface area contributed by atoms with Gasteiger partial charge in [-0.25, -0.2) is 9.13 Å². The van der Waals surface area contributed by atoms with E-state index in [0.717, 1.165) is 24.5 Å². The molecule has 2 atom stereocenters. The molecule has 314 valence electrons. The Morgan fingerprint density at radius 2 is 0.782 bits per heavy atom. The van der Waals surface area contributed by atoms with Crippen LogP contribution >= 0.6 is 0 Å². The average Bonchev–Trinajstić information content (AvgIpc) is 3.99. The lowest BCUT2D eigenvalue weighted by molar-refractivity contribution is -0.710. The van der Waals surface area contributed by atoms with Crippen molar-refractivity contribution in [1.29, 1.82) is 0 Å². The molecule has 0 aliphatic rings. The van der Waals surface area contributed by atoms with Gasteiger partial charge in [0.15, 0.2) is 0 Å². The molecule has 0 saturated carbocycles. The van der Waals surface area contributed by atoms with Crippen molar-refractivity contribution in [1.82, 2.24) is 34.6 Å². The number of unbranched alkanes of at least 4 members (excludes halogenated alkanes) is 30. The summed E-state index contributed by atoms with van der Waals surface area (Å²) < 4.78 is 8.52. The molecule has 0 aliphatic heterocycles. The molecule has 0 N–H and O–H groups in total.